The smallest absolute Gasteiger partial charge is 0.251 e. The molecule has 6 nitrogen and oxygen atoms in total. The minimum absolute atomic E-state index is 0.0330. The first kappa shape index (κ1) is 21.6. The lowest BCUT2D eigenvalue weighted by Gasteiger charge is -2.24. The topological polar surface area (TPSA) is 97.1 Å². The van der Waals surface area contributed by atoms with Crippen LogP contribution in [0, 0.1) is 5.82 Å². The molecule has 0 spiro atoms. The number of fused-ring (bicyclic) bond motifs is 1. The van der Waals surface area contributed by atoms with Gasteiger partial charge < -0.3 is 16.4 Å². The molecule has 0 aliphatic carbocycles. The minimum Gasteiger partial charge on any atom is -0.348 e. The van der Waals surface area contributed by atoms with Gasteiger partial charge >= 0.3 is 0 Å². The van der Waals surface area contributed by atoms with E-state index in [4.69, 9.17) is 5.73 Å². The van der Waals surface area contributed by atoms with Gasteiger partial charge in [0.15, 0.2) is 0 Å². The monoisotopic (exact) mass is 432 g/mol. The Bertz CT molecular complexity index is 1150. The molecule has 4 N–H and O–H groups in total. The third-order valence-electron chi connectivity index (χ3n) is 5.68. The number of halogens is 1. The Balaban J connectivity index is 1.50. The molecule has 2 atom stereocenters. The van der Waals surface area contributed by atoms with Crippen LogP contribution in [0.3, 0.4) is 0 Å². The molecule has 7 heteroatoms. The number of hydrogen-bond acceptors (Lipinski definition) is 4. The van der Waals surface area contributed by atoms with E-state index in [0.717, 1.165) is 22.3 Å². The standard InChI is InChI=1S/C25H25FN4O2/c1-15-11-22(31)30-24-23(15)21(9-10-28-24)17-5-7-18(8-6-17)25(32)29-20(14-27)13-16-3-2-4-19(26)12-16/h2-10,12,15,20H,11,13-14,27H2,1H3,(H,29,32)(H,28,30,31)/t15-,20?/m0/s1. The maximum atomic E-state index is 13.4. The second kappa shape index (κ2) is 9.28. The van der Waals surface area contributed by atoms with Crippen LogP contribution in [0.4, 0.5) is 10.2 Å². The molecule has 0 saturated carbocycles. The zero-order valence-electron chi connectivity index (χ0n) is 17.8. The molecule has 1 aromatic heterocycles. The van der Waals surface area contributed by atoms with Gasteiger partial charge in [-0.25, -0.2) is 9.37 Å². The van der Waals surface area contributed by atoms with E-state index >= 15 is 0 Å². The quantitative estimate of drug-likeness (QED) is 0.554. The average molecular weight is 432 g/mol. The molecule has 3 aromatic rings. The van der Waals surface area contributed by atoms with Crippen molar-refractivity contribution in [1.82, 2.24) is 10.3 Å². The molecule has 1 aliphatic heterocycles. The molecule has 2 heterocycles. The fourth-order valence-electron chi connectivity index (χ4n) is 4.10. The molecular weight excluding hydrogens is 407 g/mol. The van der Waals surface area contributed by atoms with Crippen molar-refractivity contribution in [1.29, 1.82) is 0 Å². The van der Waals surface area contributed by atoms with E-state index in [1.165, 1.54) is 12.1 Å². The van der Waals surface area contributed by atoms with E-state index < -0.39 is 0 Å². The van der Waals surface area contributed by atoms with E-state index in [-0.39, 0.29) is 36.1 Å². The Morgan fingerprint density at radius 3 is 2.75 bits per heavy atom. The van der Waals surface area contributed by atoms with Gasteiger partial charge in [0.25, 0.3) is 5.91 Å². The minimum atomic E-state index is -0.313. The van der Waals surface area contributed by atoms with Crippen LogP contribution in [0.25, 0.3) is 11.1 Å². The number of aromatic nitrogens is 1. The fourth-order valence-corrected chi connectivity index (χ4v) is 4.10. The van der Waals surface area contributed by atoms with Gasteiger partial charge in [-0.3, -0.25) is 9.59 Å². The number of carbonyl (C=O) groups is 2. The number of anilines is 1. The molecule has 4 rings (SSSR count). The third-order valence-corrected chi connectivity index (χ3v) is 5.68. The number of nitrogens with zero attached hydrogens (tertiary/aromatic N) is 1. The summed E-state index contributed by atoms with van der Waals surface area (Å²) in [5, 5.41) is 5.76. The Hall–Kier alpha value is -3.58. The van der Waals surface area contributed by atoms with E-state index in [0.29, 0.717) is 24.2 Å². The van der Waals surface area contributed by atoms with Crippen LogP contribution in [0.15, 0.2) is 60.8 Å². The van der Waals surface area contributed by atoms with Crippen LogP contribution in [0.5, 0.6) is 0 Å². The third kappa shape index (κ3) is 4.68. The summed E-state index contributed by atoms with van der Waals surface area (Å²) in [6, 6.07) is 15.2. The molecule has 2 aromatic carbocycles. The Labute approximate surface area is 186 Å². The van der Waals surface area contributed by atoms with Gasteiger partial charge in [-0.1, -0.05) is 31.2 Å². The largest absolute Gasteiger partial charge is 0.348 e. The highest BCUT2D eigenvalue weighted by atomic mass is 19.1. The maximum Gasteiger partial charge on any atom is 0.251 e. The number of pyridine rings is 1. The first-order valence-electron chi connectivity index (χ1n) is 10.6. The zero-order valence-corrected chi connectivity index (χ0v) is 17.8. The number of nitrogens with one attached hydrogen (secondary N) is 2. The van der Waals surface area contributed by atoms with Crippen LogP contribution >= 0.6 is 0 Å². The molecule has 0 bridgehead atoms. The molecule has 164 valence electrons. The van der Waals surface area contributed by atoms with Gasteiger partial charge in [0.1, 0.15) is 11.6 Å². The second-order valence-electron chi connectivity index (χ2n) is 8.09. The first-order valence-corrected chi connectivity index (χ1v) is 10.6. The number of hydrogen-bond donors (Lipinski definition) is 3. The van der Waals surface area contributed by atoms with Crippen molar-refractivity contribution in [3.8, 4) is 11.1 Å². The summed E-state index contributed by atoms with van der Waals surface area (Å²) >= 11 is 0. The van der Waals surface area contributed by atoms with Crippen molar-refractivity contribution < 1.29 is 14.0 Å². The molecule has 32 heavy (non-hydrogen) atoms. The molecule has 0 fully saturated rings. The second-order valence-corrected chi connectivity index (χ2v) is 8.09. The summed E-state index contributed by atoms with van der Waals surface area (Å²) in [7, 11) is 0. The van der Waals surface area contributed by atoms with Crippen molar-refractivity contribution in [3.05, 3.63) is 83.3 Å². The summed E-state index contributed by atoms with van der Waals surface area (Å²) in [6.45, 7) is 2.25. The number of benzene rings is 2. The lowest BCUT2D eigenvalue weighted by molar-refractivity contribution is -0.116. The Kier molecular flexibility index (Phi) is 6.28. The summed E-state index contributed by atoms with van der Waals surface area (Å²) in [5.74, 6) is 0.0669. The van der Waals surface area contributed by atoms with Crippen LogP contribution in [0.2, 0.25) is 0 Å². The highest BCUT2D eigenvalue weighted by Gasteiger charge is 2.26. The van der Waals surface area contributed by atoms with Crippen molar-refractivity contribution in [3.63, 3.8) is 0 Å². The van der Waals surface area contributed by atoms with Gasteiger partial charge in [-0.15, -0.1) is 0 Å². The lowest BCUT2D eigenvalue weighted by atomic mass is 9.88. The first-order chi connectivity index (χ1) is 15.4. The molecule has 0 saturated heterocycles. The van der Waals surface area contributed by atoms with Gasteiger partial charge in [-0.2, -0.15) is 0 Å². The van der Waals surface area contributed by atoms with Gasteiger partial charge in [-0.05, 0) is 59.4 Å². The van der Waals surface area contributed by atoms with Gasteiger partial charge in [0.2, 0.25) is 5.91 Å². The van der Waals surface area contributed by atoms with Crippen molar-refractivity contribution >= 4 is 17.6 Å². The highest BCUT2D eigenvalue weighted by Crippen LogP contribution is 2.38. The predicted octanol–water partition coefficient (Wildman–Crippen LogP) is 3.63. The number of rotatable bonds is 6. The summed E-state index contributed by atoms with van der Waals surface area (Å²) in [5.41, 5.74) is 10.0. The van der Waals surface area contributed by atoms with E-state index in [1.54, 1.807) is 24.4 Å². The predicted molar refractivity (Wildman–Crippen MR) is 122 cm³/mol. The Morgan fingerprint density at radius 1 is 1.25 bits per heavy atom. The molecule has 0 radical (unpaired) electrons. The number of carbonyl (C=O) groups excluding carboxylic acids is 2. The summed E-state index contributed by atoms with van der Waals surface area (Å²) in [6.07, 6.45) is 2.54. The van der Waals surface area contributed by atoms with Crippen LogP contribution in [-0.2, 0) is 11.2 Å². The van der Waals surface area contributed by atoms with E-state index in [1.807, 2.05) is 31.2 Å². The molecular formula is C25H25FN4O2. The number of nitrogens with two attached hydrogens (primary N) is 1. The van der Waals surface area contributed by atoms with Crippen LogP contribution < -0.4 is 16.4 Å². The normalized spacial score (nSPS) is 16.1. The molecule has 2 amide bonds. The van der Waals surface area contributed by atoms with Gasteiger partial charge in [0.05, 0.1) is 0 Å². The number of amides is 2. The molecule has 1 unspecified atom stereocenters. The zero-order chi connectivity index (χ0) is 22.7. The maximum absolute atomic E-state index is 13.4. The fraction of sp³-hybridized carbons (Fsp3) is 0.240. The SMILES string of the molecule is C[C@H]1CC(=O)Nc2nccc(-c3ccc(C(=O)NC(CN)Cc4cccc(F)c4)cc3)c21. The molecule has 1 aliphatic rings. The van der Waals surface area contributed by atoms with Crippen LogP contribution in [-0.4, -0.2) is 29.4 Å². The average Bonchev–Trinajstić information content (AvgIpc) is 2.78. The van der Waals surface area contributed by atoms with E-state index in [9.17, 15) is 14.0 Å². The Morgan fingerprint density at radius 2 is 2.03 bits per heavy atom. The van der Waals surface area contributed by atoms with Gasteiger partial charge in [0, 0.05) is 36.3 Å². The summed E-state index contributed by atoms with van der Waals surface area (Å²) < 4.78 is 13.4. The summed E-state index contributed by atoms with van der Waals surface area (Å²) in [4.78, 5) is 28.9. The highest BCUT2D eigenvalue weighted by molar-refractivity contribution is 5.96. The van der Waals surface area contributed by atoms with E-state index in [2.05, 4.69) is 15.6 Å². The van der Waals surface area contributed by atoms with Crippen molar-refractivity contribution in [2.45, 2.75) is 31.7 Å². The lowest BCUT2D eigenvalue weighted by Crippen LogP contribution is -2.41. The van der Waals surface area contributed by atoms with Crippen LogP contribution in [0.1, 0.15) is 40.7 Å². The van der Waals surface area contributed by atoms with Crippen molar-refractivity contribution in [2.24, 2.45) is 5.73 Å². The van der Waals surface area contributed by atoms with Crippen molar-refractivity contribution in [2.75, 3.05) is 11.9 Å².